The van der Waals surface area contributed by atoms with Crippen molar-refractivity contribution in [2.45, 2.75) is 39.5 Å². The Hall–Kier alpha value is -1.43. The van der Waals surface area contributed by atoms with E-state index in [9.17, 15) is 4.79 Å². The van der Waals surface area contributed by atoms with Gasteiger partial charge in [-0.2, -0.15) is 4.98 Å². The number of aromatic nitrogens is 2. The molecule has 0 spiro atoms. The number of carbonyl (C=O) groups excluding carboxylic acids is 1. The van der Waals surface area contributed by atoms with E-state index < -0.39 is 0 Å². The van der Waals surface area contributed by atoms with Crippen LogP contribution in [0.2, 0.25) is 0 Å². The molecule has 1 amide bonds. The first-order valence-electron chi connectivity index (χ1n) is 6.37. The minimum Gasteiger partial charge on any atom is -0.356 e. The summed E-state index contributed by atoms with van der Waals surface area (Å²) in [5.41, 5.74) is 5.46. The van der Waals surface area contributed by atoms with Gasteiger partial charge in [0.25, 0.3) is 0 Å². The summed E-state index contributed by atoms with van der Waals surface area (Å²) in [5, 5.41) is 6.61. The third-order valence-corrected chi connectivity index (χ3v) is 2.76. The second-order valence-electron chi connectivity index (χ2n) is 4.55. The van der Waals surface area contributed by atoms with Crippen LogP contribution in [0.5, 0.6) is 0 Å². The number of nitrogens with two attached hydrogens (primary N) is 1. The van der Waals surface area contributed by atoms with Gasteiger partial charge in [0, 0.05) is 26.3 Å². The molecule has 18 heavy (non-hydrogen) atoms. The van der Waals surface area contributed by atoms with Crippen LogP contribution >= 0.6 is 0 Å². The largest absolute Gasteiger partial charge is 0.356 e. The van der Waals surface area contributed by atoms with E-state index in [-0.39, 0.29) is 5.91 Å². The number of nitrogens with one attached hydrogen (secondary N) is 1. The third-order valence-electron chi connectivity index (χ3n) is 2.76. The van der Waals surface area contributed by atoms with Gasteiger partial charge in [-0.15, -0.1) is 0 Å². The average Bonchev–Trinajstić information content (AvgIpc) is 2.73. The zero-order valence-corrected chi connectivity index (χ0v) is 11.1. The molecular formula is C12H22N4O2. The Morgan fingerprint density at radius 1 is 1.50 bits per heavy atom. The molecule has 0 bridgehead atoms. The van der Waals surface area contributed by atoms with Crippen LogP contribution in [0.25, 0.3) is 0 Å². The molecule has 1 aromatic heterocycles. The summed E-state index contributed by atoms with van der Waals surface area (Å²) in [6, 6.07) is 0. The van der Waals surface area contributed by atoms with E-state index in [2.05, 4.69) is 22.4 Å². The number of hydrogen-bond donors (Lipinski definition) is 2. The number of aryl methyl sites for hydroxylation is 1. The maximum atomic E-state index is 11.5. The van der Waals surface area contributed by atoms with E-state index in [1.54, 1.807) is 6.92 Å². The third kappa shape index (κ3) is 5.77. The van der Waals surface area contributed by atoms with Crippen molar-refractivity contribution < 1.29 is 9.32 Å². The summed E-state index contributed by atoms with van der Waals surface area (Å²) >= 11 is 0. The molecule has 0 aromatic carbocycles. The Balaban J connectivity index is 2.10. The smallest absolute Gasteiger partial charge is 0.223 e. The quantitative estimate of drug-likeness (QED) is 0.715. The number of hydrogen-bond acceptors (Lipinski definition) is 5. The maximum absolute atomic E-state index is 11.5. The lowest BCUT2D eigenvalue weighted by molar-refractivity contribution is -0.121. The van der Waals surface area contributed by atoms with Crippen LogP contribution in [0.15, 0.2) is 4.52 Å². The molecule has 102 valence electrons. The van der Waals surface area contributed by atoms with Crippen LogP contribution in [0.3, 0.4) is 0 Å². The van der Waals surface area contributed by atoms with Crippen molar-refractivity contribution in [3.63, 3.8) is 0 Å². The highest BCUT2D eigenvalue weighted by molar-refractivity contribution is 5.75. The van der Waals surface area contributed by atoms with Gasteiger partial charge in [0.15, 0.2) is 5.82 Å². The molecule has 0 aliphatic heterocycles. The summed E-state index contributed by atoms with van der Waals surface area (Å²) in [7, 11) is 0. The zero-order valence-electron chi connectivity index (χ0n) is 11.1. The summed E-state index contributed by atoms with van der Waals surface area (Å²) in [5.74, 6) is 1.75. The average molecular weight is 254 g/mol. The SMILES string of the molecule is Cc1nc(CCNC(=O)CCC(C)CCN)no1. The molecule has 1 unspecified atom stereocenters. The molecule has 3 N–H and O–H groups in total. The predicted octanol–water partition coefficient (Wildman–Crippen LogP) is 0.802. The van der Waals surface area contributed by atoms with Gasteiger partial charge in [-0.1, -0.05) is 12.1 Å². The van der Waals surface area contributed by atoms with Crippen LogP contribution in [-0.4, -0.2) is 29.1 Å². The van der Waals surface area contributed by atoms with Crippen molar-refractivity contribution in [3.05, 3.63) is 11.7 Å². The van der Waals surface area contributed by atoms with Crippen molar-refractivity contribution >= 4 is 5.91 Å². The van der Waals surface area contributed by atoms with Gasteiger partial charge in [0.2, 0.25) is 11.8 Å². The minimum absolute atomic E-state index is 0.0686. The summed E-state index contributed by atoms with van der Waals surface area (Å²) in [6.45, 7) is 5.08. The van der Waals surface area contributed by atoms with Gasteiger partial charge >= 0.3 is 0 Å². The van der Waals surface area contributed by atoms with Crippen LogP contribution in [0.4, 0.5) is 0 Å². The number of amides is 1. The maximum Gasteiger partial charge on any atom is 0.223 e. The van der Waals surface area contributed by atoms with Gasteiger partial charge in [0.1, 0.15) is 0 Å². The Kier molecular flexibility index (Phi) is 6.35. The Morgan fingerprint density at radius 3 is 2.89 bits per heavy atom. The van der Waals surface area contributed by atoms with Gasteiger partial charge in [-0.3, -0.25) is 4.79 Å². The van der Waals surface area contributed by atoms with Crippen LogP contribution in [0.1, 0.15) is 37.9 Å². The van der Waals surface area contributed by atoms with Crippen molar-refractivity contribution in [2.24, 2.45) is 11.7 Å². The fraction of sp³-hybridized carbons (Fsp3) is 0.750. The summed E-state index contributed by atoms with van der Waals surface area (Å²) < 4.78 is 4.84. The molecule has 6 heteroatoms. The fourth-order valence-electron chi connectivity index (χ4n) is 1.65. The summed E-state index contributed by atoms with van der Waals surface area (Å²) in [6.07, 6.45) is 2.99. The number of nitrogens with zero attached hydrogens (tertiary/aromatic N) is 2. The molecular weight excluding hydrogens is 232 g/mol. The normalized spacial score (nSPS) is 12.4. The Morgan fingerprint density at radius 2 is 2.28 bits per heavy atom. The standard InChI is InChI=1S/C12H22N4O2/c1-9(5-7-13)3-4-12(17)14-8-6-11-15-10(2)18-16-11/h9H,3-8,13H2,1-2H3,(H,14,17). The zero-order chi connectivity index (χ0) is 13.4. The van der Waals surface area contributed by atoms with Gasteiger partial charge in [-0.25, -0.2) is 0 Å². The van der Waals surface area contributed by atoms with E-state index in [0.29, 0.717) is 43.6 Å². The van der Waals surface area contributed by atoms with Crippen LogP contribution < -0.4 is 11.1 Å². The molecule has 6 nitrogen and oxygen atoms in total. The molecule has 0 aliphatic rings. The van der Waals surface area contributed by atoms with E-state index in [1.807, 2.05) is 0 Å². The van der Waals surface area contributed by atoms with E-state index in [0.717, 1.165) is 12.8 Å². The first-order chi connectivity index (χ1) is 8.61. The predicted molar refractivity (Wildman–Crippen MR) is 67.8 cm³/mol. The molecule has 0 aliphatic carbocycles. The fourth-order valence-corrected chi connectivity index (χ4v) is 1.65. The minimum atomic E-state index is 0.0686. The Bertz CT molecular complexity index is 365. The van der Waals surface area contributed by atoms with E-state index in [1.165, 1.54) is 0 Å². The lowest BCUT2D eigenvalue weighted by Gasteiger charge is -2.09. The monoisotopic (exact) mass is 254 g/mol. The number of rotatable bonds is 8. The van der Waals surface area contributed by atoms with Crippen molar-refractivity contribution in [1.82, 2.24) is 15.5 Å². The second-order valence-corrected chi connectivity index (χ2v) is 4.55. The topological polar surface area (TPSA) is 94.0 Å². The highest BCUT2D eigenvalue weighted by Crippen LogP contribution is 2.08. The van der Waals surface area contributed by atoms with Crippen LogP contribution in [-0.2, 0) is 11.2 Å². The first-order valence-corrected chi connectivity index (χ1v) is 6.37. The molecule has 0 saturated carbocycles. The lowest BCUT2D eigenvalue weighted by atomic mass is 10.0. The second kappa shape index (κ2) is 7.81. The first kappa shape index (κ1) is 14.6. The molecule has 1 atom stereocenters. The Labute approximate surface area is 107 Å². The van der Waals surface area contributed by atoms with Crippen molar-refractivity contribution in [3.8, 4) is 0 Å². The van der Waals surface area contributed by atoms with Crippen molar-refractivity contribution in [1.29, 1.82) is 0 Å². The summed E-state index contributed by atoms with van der Waals surface area (Å²) in [4.78, 5) is 15.6. The molecule has 0 saturated heterocycles. The molecule has 1 heterocycles. The molecule has 1 rings (SSSR count). The lowest BCUT2D eigenvalue weighted by Crippen LogP contribution is -2.26. The molecule has 1 aromatic rings. The van der Waals surface area contributed by atoms with E-state index >= 15 is 0 Å². The van der Waals surface area contributed by atoms with Gasteiger partial charge in [0.05, 0.1) is 0 Å². The highest BCUT2D eigenvalue weighted by atomic mass is 16.5. The van der Waals surface area contributed by atoms with Crippen molar-refractivity contribution in [2.75, 3.05) is 13.1 Å². The number of carbonyl (C=O) groups is 1. The highest BCUT2D eigenvalue weighted by Gasteiger charge is 2.07. The van der Waals surface area contributed by atoms with E-state index in [4.69, 9.17) is 10.3 Å². The van der Waals surface area contributed by atoms with Gasteiger partial charge in [-0.05, 0) is 25.3 Å². The molecule has 0 radical (unpaired) electrons. The van der Waals surface area contributed by atoms with Crippen LogP contribution in [0, 0.1) is 12.8 Å². The van der Waals surface area contributed by atoms with Gasteiger partial charge < -0.3 is 15.6 Å². The molecule has 0 fully saturated rings.